The zero-order chi connectivity index (χ0) is 16.8. The Bertz CT molecular complexity index is 810. The summed E-state index contributed by atoms with van der Waals surface area (Å²) >= 11 is 11.8. The van der Waals surface area contributed by atoms with Crippen molar-refractivity contribution in [2.24, 2.45) is 5.73 Å². The maximum absolute atomic E-state index is 11.2. The molecule has 0 radical (unpaired) electrons. The summed E-state index contributed by atoms with van der Waals surface area (Å²) in [6.07, 6.45) is 1.40. The van der Waals surface area contributed by atoms with E-state index in [1.807, 2.05) is 0 Å². The average Bonchev–Trinajstić information content (AvgIpc) is 2.54. The lowest BCUT2D eigenvalue weighted by atomic mass is 10.1. The highest BCUT2D eigenvalue weighted by Gasteiger charge is 2.07. The normalized spacial score (nSPS) is 10.9. The minimum atomic E-state index is -0.785. The minimum absolute atomic E-state index is 0.143. The summed E-state index contributed by atoms with van der Waals surface area (Å²) in [6.45, 7) is 0.264. The first kappa shape index (κ1) is 16.9. The van der Waals surface area contributed by atoms with Crippen LogP contribution in [0.1, 0.15) is 11.1 Å². The maximum Gasteiger partial charge on any atom is 0.259 e. The third-order valence-corrected chi connectivity index (χ3v) is 3.72. The number of nitriles is 1. The molecule has 0 fully saturated rings. The molecule has 23 heavy (non-hydrogen) atoms. The van der Waals surface area contributed by atoms with Crippen LogP contribution in [0.5, 0.6) is 5.75 Å². The molecular formula is C17H12Cl2N2O2. The summed E-state index contributed by atoms with van der Waals surface area (Å²) in [5.74, 6) is -0.264. The second-order valence-electron chi connectivity index (χ2n) is 4.61. The molecule has 2 N–H and O–H groups in total. The molecule has 1 amide bonds. The Labute approximate surface area is 143 Å². The molecule has 4 nitrogen and oxygen atoms in total. The largest absolute Gasteiger partial charge is 0.488 e. The fourth-order valence-corrected chi connectivity index (χ4v) is 2.16. The zero-order valence-corrected chi connectivity index (χ0v) is 13.4. The SMILES string of the molecule is N#C/C(=C\c1ccccc1OCc1ccc(Cl)c(Cl)c1)C(N)=O. The van der Waals surface area contributed by atoms with E-state index in [0.29, 0.717) is 21.4 Å². The number of ether oxygens (including phenoxy) is 1. The highest BCUT2D eigenvalue weighted by molar-refractivity contribution is 6.42. The summed E-state index contributed by atoms with van der Waals surface area (Å²) in [7, 11) is 0. The first-order valence-electron chi connectivity index (χ1n) is 6.58. The Hall–Kier alpha value is -2.48. The van der Waals surface area contributed by atoms with Crippen molar-refractivity contribution in [3.05, 3.63) is 69.2 Å². The van der Waals surface area contributed by atoms with Crippen molar-refractivity contribution in [1.82, 2.24) is 0 Å². The van der Waals surface area contributed by atoms with Crippen LogP contribution >= 0.6 is 23.2 Å². The van der Waals surface area contributed by atoms with Gasteiger partial charge in [-0.1, -0.05) is 47.5 Å². The number of primary amides is 1. The van der Waals surface area contributed by atoms with Crippen molar-refractivity contribution in [3.63, 3.8) is 0 Å². The van der Waals surface area contributed by atoms with Crippen molar-refractivity contribution in [2.75, 3.05) is 0 Å². The first-order valence-corrected chi connectivity index (χ1v) is 7.34. The second-order valence-corrected chi connectivity index (χ2v) is 5.42. The average molecular weight is 347 g/mol. The predicted octanol–water partition coefficient (Wildman–Crippen LogP) is 3.96. The Morgan fingerprint density at radius 1 is 1.22 bits per heavy atom. The van der Waals surface area contributed by atoms with Crippen LogP contribution in [-0.4, -0.2) is 5.91 Å². The van der Waals surface area contributed by atoms with E-state index < -0.39 is 5.91 Å². The Morgan fingerprint density at radius 3 is 2.61 bits per heavy atom. The molecule has 0 unspecified atom stereocenters. The third-order valence-electron chi connectivity index (χ3n) is 2.98. The van der Waals surface area contributed by atoms with Gasteiger partial charge >= 0.3 is 0 Å². The van der Waals surface area contributed by atoms with Crippen molar-refractivity contribution in [2.45, 2.75) is 6.61 Å². The molecule has 0 aromatic heterocycles. The van der Waals surface area contributed by atoms with Gasteiger partial charge in [0.05, 0.1) is 10.0 Å². The van der Waals surface area contributed by atoms with Crippen LogP contribution < -0.4 is 10.5 Å². The first-order chi connectivity index (χ1) is 11.0. The molecule has 0 aliphatic heterocycles. The number of carbonyl (C=O) groups excluding carboxylic acids is 1. The van der Waals surface area contributed by atoms with Crippen LogP contribution in [0.3, 0.4) is 0 Å². The van der Waals surface area contributed by atoms with E-state index in [0.717, 1.165) is 5.56 Å². The highest BCUT2D eigenvalue weighted by atomic mass is 35.5. The quantitative estimate of drug-likeness (QED) is 0.657. The maximum atomic E-state index is 11.2. The molecule has 0 aliphatic rings. The lowest BCUT2D eigenvalue weighted by Gasteiger charge is -2.10. The lowest BCUT2D eigenvalue weighted by Crippen LogP contribution is -2.12. The van der Waals surface area contributed by atoms with Gasteiger partial charge in [0.25, 0.3) is 5.91 Å². The summed E-state index contributed by atoms with van der Waals surface area (Å²) in [5, 5.41) is 9.84. The van der Waals surface area contributed by atoms with Crippen molar-refractivity contribution >= 4 is 35.2 Å². The fraction of sp³-hybridized carbons (Fsp3) is 0.0588. The molecule has 0 bridgehead atoms. The minimum Gasteiger partial charge on any atom is -0.488 e. The summed E-state index contributed by atoms with van der Waals surface area (Å²) in [6, 6.07) is 14.0. The smallest absolute Gasteiger partial charge is 0.259 e. The highest BCUT2D eigenvalue weighted by Crippen LogP contribution is 2.25. The number of benzene rings is 2. The van der Waals surface area contributed by atoms with Crippen LogP contribution in [0.25, 0.3) is 6.08 Å². The van der Waals surface area contributed by atoms with Gasteiger partial charge in [0.2, 0.25) is 0 Å². The number of rotatable bonds is 5. The molecule has 0 saturated heterocycles. The molecular weight excluding hydrogens is 335 g/mol. The van der Waals surface area contributed by atoms with Crippen LogP contribution in [0.2, 0.25) is 10.0 Å². The molecule has 2 aromatic carbocycles. The van der Waals surface area contributed by atoms with E-state index in [1.54, 1.807) is 48.5 Å². The van der Waals surface area contributed by atoms with E-state index in [-0.39, 0.29) is 12.2 Å². The van der Waals surface area contributed by atoms with E-state index in [1.165, 1.54) is 6.08 Å². The second kappa shape index (κ2) is 7.68. The number of amides is 1. The van der Waals surface area contributed by atoms with Gasteiger partial charge in [-0.05, 0) is 29.8 Å². The Morgan fingerprint density at radius 2 is 1.96 bits per heavy atom. The molecule has 6 heteroatoms. The predicted molar refractivity (Wildman–Crippen MR) is 90.0 cm³/mol. The fourth-order valence-electron chi connectivity index (χ4n) is 1.84. The van der Waals surface area contributed by atoms with E-state index in [2.05, 4.69) is 0 Å². The number of nitrogens with zero attached hydrogens (tertiary/aromatic N) is 1. The molecule has 2 aromatic rings. The number of para-hydroxylation sites is 1. The van der Waals surface area contributed by atoms with E-state index in [4.69, 9.17) is 38.9 Å². The van der Waals surface area contributed by atoms with E-state index >= 15 is 0 Å². The molecule has 0 atom stereocenters. The summed E-state index contributed by atoms with van der Waals surface area (Å²) < 4.78 is 5.74. The number of hydrogen-bond acceptors (Lipinski definition) is 3. The Kier molecular flexibility index (Phi) is 5.64. The number of hydrogen-bond donors (Lipinski definition) is 1. The number of carbonyl (C=O) groups is 1. The summed E-state index contributed by atoms with van der Waals surface area (Å²) in [5.41, 5.74) is 6.43. The molecule has 0 heterocycles. The van der Waals surface area contributed by atoms with Gasteiger partial charge in [-0.15, -0.1) is 0 Å². The van der Waals surface area contributed by atoms with Gasteiger partial charge in [0.1, 0.15) is 24.0 Å². The van der Waals surface area contributed by atoms with Crippen molar-refractivity contribution < 1.29 is 9.53 Å². The van der Waals surface area contributed by atoms with Gasteiger partial charge in [-0.2, -0.15) is 5.26 Å². The van der Waals surface area contributed by atoms with Crippen LogP contribution in [0, 0.1) is 11.3 Å². The monoisotopic (exact) mass is 346 g/mol. The van der Waals surface area contributed by atoms with Crippen LogP contribution in [0.15, 0.2) is 48.0 Å². The van der Waals surface area contributed by atoms with Crippen LogP contribution in [-0.2, 0) is 11.4 Å². The zero-order valence-electron chi connectivity index (χ0n) is 11.9. The molecule has 0 saturated carbocycles. The molecule has 2 rings (SSSR count). The van der Waals surface area contributed by atoms with Gasteiger partial charge in [-0.3, -0.25) is 4.79 Å². The van der Waals surface area contributed by atoms with Gasteiger partial charge in [0, 0.05) is 5.56 Å². The van der Waals surface area contributed by atoms with Gasteiger partial charge in [0.15, 0.2) is 0 Å². The van der Waals surface area contributed by atoms with Gasteiger partial charge < -0.3 is 10.5 Å². The molecule has 116 valence electrons. The summed E-state index contributed by atoms with van der Waals surface area (Å²) in [4.78, 5) is 11.2. The Balaban J connectivity index is 2.22. The number of halogens is 2. The van der Waals surface area contributed by atoms with Crippen molar-refractivity contribution in [1.29, 1.82) is 5.26 Å². The molecule has 0 spiro atoms. The standard InChI is InChI=1S/C17H12Cl2N2O2/c18-14-6-5-11(7-15(14)19)10-23-16-4-2-1-3-12(16)8-13(9-20)17(21)22/h1-8H,10H2,(H2,21,22)/b13-8+. The lowest BCUT2D eigenvalue weighted by molar-refractivity contribution is -0.114. The van der Waals surface area contributed by atoms with Crippen LogP contribution in [0.4, 0.5) is 0 Å². The topological polar surface area (TPSA) is 76.1 Å². The van der Waals surface area contributed by atoms with Gasteiger partial charge in [-0.25, -0.2) is 0 Å². The van der Waals surface area contributed by atoms with Crippen molar-refractivity contribution in [3.8, 4) is 11.8 Å². The number of nitrogens with two attached hydrogens (primary N) is 1. The third kappa shape index (κ3) is 4.49. The van der Waals surface area contributed by atoms with E-state index in [9.17, 15) is 4.79 Å². The molecule has 0 aliphatic carbocycles.